The Morgan fingerprint density at radius 3 is 2.31 bits per heavy atom. The smallest absolute Gasteiger partial charge is 0.419 e. The SMILES string of the molecule is C=C(C)/C(F)=C\C(=C/F)c1ccc(-c2ccc(OC(F)(F)[C@]34CCC(S3)C(F)=C4F)cc2)cc1F. The highest BCUT2D eigenvalue weighted by atomic mass is 32.2. The van der Waals surface area contributed by atoms with Gasteiger partial charge in [0.2, 0.25) is 0 Å². The summed E-state index contributed by atoms with van der Waals surface area (Å²) in [7, 11) is 0. The van der Waals surface area contributed by atoms with Crippen LogP contribution in [0.2, 0.25) is 0 Å². The number of hydrogen-bond acceptors (Lipinski definition) is 2. The number of rotatable bonds is 7. The van der Waals surface area contributed by atoms with Gasteiger partial charge in [0.15, 0.2) is 10.6 Å². The summed E-state index contributed by atoms with van der Waals surface area (Å²) >= 11 is 0.529. The summed E-state index contributed by atoms with van der Waals surface area (Å²) in [6, 6.07) is 8.97. The summed E-state index contributed by atoms with van der Waals surface area (Å²) < 4.78 is 102. The van der Waals surface area contributed by atoms with Gasteiger partial charge in [0.1, 0.15) is 23.2 Å². The van der Waals surface area contributed by atoms with E-state index in [1.165, 1.54) is 43.3 Å². The van der Waals surface area contributed by atoms with Crippen LogP contribution in [-0.4, -0.2) is 16.1 Å². The number of benzene rings is 2. The van der Waals surface area contributed by atoms with Gasteiger partial charge in [0.05, 0.1) is 11.6 Å². The van der Waals surface area contributed by atoms with E-state index in [1.807, 2.05) is 0 Å². The molecule has 2 aromatic carbocycles. The summed E-state index contributed by atoms with van der Waals surface area (Å²) in [5.41, 5.74) is 0.310. The lowest BCUT2D eigenvalue weighted by Crippen LogP contribution is -2.48. The van der Waals surface area contributed by atoms with Gasteiger partial charge in [-0.25, -0.2) is 22.0 Å². The van der Waals surface area contributed by atoms with Crippen LogP contribution in [0.3, 0.4) is 0 Å². The number of alkyl halides is 2. The van der Waals surface area contributed by atoms with E-state index in [9.17, 15) is 30.7 Å². The number of allylic oxidation sites excluding steroid dienone is 4. The van der Waals surface area contributed by atoms with Gasteiger partial charge in [-0.15, -0.1) is 11.8 Å². The molecule has 1 saturated heterocycles. The number of ether oxygens (including phenoxy) is 1. The predicted molar refractivity (Wildman–Crippen MR) is 123 cm³/mol. The Morgan fingerprint density at radius 2 is 1.77 bits per heavy atom. The second kappa shape index (κ2) is 9.26. The molecule has 1 unspecified atom stereocenters. The van der Waals surface area contributed by atoms with Gasteiger partial charge in [-0.2, -0.15) is 8.78 Å². The van der Waals surface area contributed by atoms with Gasteiger partial charge < -0.3 is 4.74 Å². The van der Waals surface area contributed by atoms with Gasteiger partial charge >= 0.3 is 6.11 Å². The van der Waals surface area contributed by atoms with E-state index in [4.69, 9.17) is 4.74 Å². The average molecular weight is 512 g/mol. The quantitative estimate of drug-likeness (QED) is 0.270. The number of thioether (sulfide) groups is 1. The molecule has 2 aliphatic rings. The van der Waals surface area contributed by atoms with Gasteiger partial charge in [-0.05, 0) is 60.7 Å². The van der Waals surface area contributed by atoms with Crippen LogP contribution in [0.1, 0.15) is 25.3 Å². The first kappa shape index (κ1) is 25.2. The molecule has 0 spiro atoms. The highest BCUT2D eigenvalue weighted by Gasteiger charge is 2.69. The largest absolute Gasteiger partial charge is 0.431 e. The maximum absolute atomic E-state index is 14.9. The van der Waals surface area contributed by atoms with Crippen molar-refractivity contribution in [3.05, 3.63) is 95.9 Å². The van der Waals surface area contributed by atoms with Crippen molar-refractivity contribution in [1.82, 2.24) is 0 Å². The molecule has 0 amide bonds. The zero-order valence-corrected chi connectivity index (χ0v) is 19.2. The van der Waals surface area contributed by atoms with Gasteiger partial charge in [0.25, 0.3) is 0 Å². The van der Waals surface area contributed by atoms with Crippen LogP contribution in [0.5, 0.6) is 5.75 Å². The topological polar surface area (TPSA) is 9.23 Å². The Bertz CT molecular complexity index is 1260. The lowest BCUT2D eigenvalue weighted by Gasteiger charge is -2.32. The van der Waals surface area contributed by atoms with Crippen LogP contribution in [0.25, 0.3) is 16.7 Å². The van der Waals surface area contributed by atoms with E-state index in [1.54, 1.807) is 0 Å². The molecule has 1 fully saturated rings. The molecule has 2 bridgehead atoms. The molecule has 2 atom stereocenters. The lowest BCUT2D eigenvalue weighted by atomic mass is 9.92. The maximum Gasteiger partial charge on any atom is 0.419 e. The van der Waals surface area contributed by atoms with Gasteiger partial charge in [0, 0.05) is 11.1 Å². The van der Waals surface area contributed by atoms with Crippen molar-refractivity contribution in [2.75, 3.05) is 0 Å². The van der Waals surface area contributed by atoms with E-state index in [2.05, 4.69) is 6.58 Å². The number of hydrogen-bond donors (Lipinski definition) is 0. The monoisotopic (exact) mass is 512 g/mol. The third kappa shape index (κ3) is 4.42. The Kier molecular flexibility index (Phi) is 6.66. The summed E-state index contributed by atoms with van der Waals surface area (Å²) in [6.07, 6.45) is -3.25. The van der Waals surface area contributed by atoms with Crippen molar-refractivity contribution in [2.24, 2.45) is 0 Å². The van der Waals surface area contributed by atoms with E-state index >= 15 is 0 Å². The van der Waals surface area contributed by atoms with Crippen LogP contribution in [0.4, 0.5) is 30.7 Å². The van der Waals surface area contributed by atoms with Crippen molar-refractivity contribution < 1.29 is 35.5 Å². The second-order valence-corrected chi connectivity index (χ2v) is 9.81. The summed E-state index contributed by atoms with van der Waals surface area (Å²) in [6.45, 7) is 4.78. The lowest BCUT2D eigenvalue weighted by molar-refractivity contribution is -0.198. The van der Waals surface area contributed by atoms with E-state index < -0.39 is 39.4 Å². The standard InChI is InChI=1S/C26H19F7OS/c1-14(2)20(28)12-17(13-27)19-8-5-16(11-21(19)29)15-3-6-18(7-4-15)34-26(32,33)25-10-9-22(35-25)23(30)24(25)31/h3-8,11-13,22H,1,9-10H2,2H3/b17-13+,20-12+/t22?,25-/m1/s1. The van der Waals surface area contributed by atoms with E-state index in [0.717, 1.165) is 12.1 Å². The predicted octanol–water partition coefficient (Wildman–Crippen LogP) is 9.00. The zero-order valence-electron chi connectivity index (χ0n) is 18.4. The molecule has 4 rings (SSSR count). The minimum Gasteiger partial charge on any atom is -0.431 e. The molecule has 0 aromatic heterocycles. The fourth-order valence-electron chi connectivity index (χ4n) is 4.01. The summed E-state index contributed by atoms with van der Waals surface area (Å²) in [4.78, 5) is 0. The zero-order chi connectivity index (χ0) is 25.5. The molecule has 184 valence electrons. The van der Waals surface area contributed by atoms with Crippen molar-refractivity contribution in [1.29, 1.82) is 0 Å². The van der Waals surface area contributed by atoms with E-state index in [0.29, 0.717) is 22.9 Å². The molecule has 0 aliphatic carbocycles. The Labute approximate surface area is 201 Å². The first-order chi connectivity index (χ1) is 16.5. The molecule has 0 radical (unpaired) electrons. The van der Waals surface area contributed by atoms with Crippen LogP contribution < -0.4 is 4.74 Å². The third-order valence-corrected chi connectivity index (χ3v) is 7.69. The van der Waals surface area contributed by atoms with Crippen molar-refractivity contribution in [3.8, 4) is 16.9 Å². The van der Waals surface area contributed by atoms with Gasteiger partial charge in [-0.1, -0.05) is 30.8 Å². The molecule has 35 heavy (non-hydrogen) atoms. The van der Waals surface area contributed by atoms with Crippen LogP contribution in [0.15, 0.2) is 84.5 Å². The highest BCUT2D eigenvalue weighted by Crippen LogP contribution is 2.64. The van der Waals surface area contributed by atoms with E-state index in [-0.39, 0.29) is 41.6 Å². The molecular weight excluding hydrogens is 493 g/mol. The summed E-state index contributed by atoms with van der Waals surface area (Å²) in [5.74, 6) is -4.55. The average Bonchev–Trinajstić information content (AvgIpc) is 3.38. The molecular formula is C26H19F7OS. The maximum atomic E-state index is 14.9. The molecule has 2 heterocycles. The normalized spacial score (nSPS) is 22.7. The Hall–Kier alpha value is -2.94. The van der Waals surface area contributed by atoms with Crippen molar-refractivity contribution in [2.45, 2.75) is 35.9 Å². The molecule has 9 heteroatoms. The Balaban J connectivity index is 1.54. The number of fused-ring (bicyclic) bond motifs is 2. The van der Waals surface area contributed by atoms with Crippen molar-refractivity contribution >= 4 is 17.3 Å². The third-order valence-electron chi connectivity index (χ3n) is 5.94. The molecule has 0 saturated carbocycles. The summed E-state index contributed by atoms with van der Waals surface area (Å²) in [5, 5.41) is -0.926. The van der Waals surface area contributed by atoms with Crippen LogP contribution >= 0.6 is 11.8 Å². The highest BCUT2D eigenvalue weighted by molar-refractivity contribution is 8.02. The first-order valence-electron chi connectivity index (χ1n) is 10.5. The Morgan fingerprint density at radius 1 is 1.11 bits per heavy atom. The fourth-order valence-corrected chi connectivity index (χ4v) is 5.56. The molecule has 2 aliphatic heterocycles. The number of halogens is 7. The minimum absolute atomic E-state index is 0.0528. The minimum atomic E-state index is -4.00. The van der Waals surface area contributed by atoms with Crippen LogP contribution in [-0.2, 0) is 0 Å². The van der Waals surface area contributed by atoms with Gasteiger partial charge in [-0.3, -0.25) is 0 Å². The fraction of sp³-hybridized carbons (Fsp3) is 0.231. The van der Waals surface area contributed by atoms with Crippen molar-refractivity contribution in [3.63, 3.8) is 0 Å². The van der Waals surface area contributed by atoms with Crippen LogP contribution in [0, 0.1) is 5.82 Å². The molecule has 0 N–H and O–H groups in total. The molecule has 2 aromatic rings. The first-order valence-corrected chi connectivity index (χ1v) is 11.4. The molecule has 1 nitrogen and oxygen atoms in total. The second-order valence-electron chi connectivity index (χ2n) is 8.31.